The van der Waals surface area contributed by atoms with Gasteiger partial charge in [-0.3, -0.25) is 9.59 Å². The van der Waals surface area contributed by atoms with Crippen LogP contribution in [-0.4, -0.2) is 44.8 Å². The highest BCUT2D eigenvalue weighted by Crippen LogP contribution is 2.43. The smallest absolute Gasteiger partial charge is 0.251 e. The van der Waals surface area contributed by atoms with E-state index < -0.39 is 0 Å². The van der Waals surface area contributed by atoms with E-state index in [0.29, 0.717) is 24.2 Å². The average molecular weight is 729 g/mol. The van der Waals surface area contributed by atoms with Crippen molar-refractivity contribution in [1.29, 1.82) is 0 Å². The van der Waals surface area contributed by atoms with Gasteiger partial charge in [0.25, 0.3) is 11.8 Å². The second kappa shape index (κ2) is 14.0. The van der Waals surface area contributed by atoms with Gasteiger partial charge in [-0.1, -0.05) is 36.4 Å². The van der Waals surface area contributed by atoms with E-state index in [0.717, 1.165) is 131 Å². The van der Waals surface area contributed by atoms with E-state index in [1.807, 2.05) is 48.5 Å². The number of benzene rings is 2. The predicted molar refractivity (Wildman–Crippen MR) is 226 cm³/mol. The Labute approximate surface area is 322 Å². The van der Waals surface area contributed by atoms with E-state index >= 15 is 0 Å². The number of aryl methyl sites for hydroxylation is 4. The van der Waals surface area contributed by atoms with Crippen LogP contribution in [0.1, 0.15) is 113 Å². The molecule has 2 aromatic carbocycles. The van der Waals surface area contributed by atoms with Gasteiger partial charge in [0.05, 0.1) is 33.8 Å². The fraction of sp³-hybridized carbons (Fsp3) is 0.277. The van der Waals surface area contributed by atoms with Crippen molar-refractivity contribution in [3.8, 4) is 22.3 Å². The van der Waals surface area contributed by atoms with E-state index in [9.17, 15) is 9.59 Å². The second-order valence-corrected chi connectivity index (χ2v) is 15.2. The number of fused-ring (bicyclic) bond motifs is 8. The minimum absolute atomic E-state index is 0.126. The standard InChI is InChI=1S/C47H48N6O2/c1-24-28(5)42-40-32-16-10-12-18-34(32)46(54)48-20-14-9-15-21-49-47(55)35-19-13-11-17-33(35)41(44-29(6)25(2)37(51-44)22-36(24)50-42)45-31(8)27(4)39(53-45)23-38-26(3)30(7)43(40)52-38/h10-13,16-19,22-23,50,53H,9,14-15,20-21H2,1-8H3,(H,48,54)(H,49,55). The van der Waals surface area contributed by atoms with Crippen LogP contribution in [-0.2, 0) is 0 Å². The summed E-state index contributed by atoms with van der Waals surface area (Å²) in [4.78, 5) is 46.5. The van der Waals surface area contributed by atoms with Gasteiger partial charge >= 0.3 is 0 Å². The average Bonchev–Trinajstić information content (AvgIpc) is 3.82. The maximum Gasteiger partial charge on any atom is 0.251 e. The fourth-order valence-corrected chi connectivity index (χ4v) is 8.15. The normalized spacial score (nSPS) is 15.1. The number of aromatic nitrogens is 4. The van der Waals surface area contributed by atoms with E-state index in [2.05, 4.69) is 88.1 Å². The van der Waals surface area contributed by atoms with Crippen LogP contribution in [0.3, 0.4) is 0 Å². The summed E-state index contributed by atoms with van der Waals surface area (Å²) in [5.74, 6) is -0.251. The summed E-state index contributed by atoms with van der Waals surface area (Å²) >= 11 is 0. The van der Waals surface area contributed by atoms with Crippen LogP contribution in [0, 0.1) is 27.7 Å². The maximum atomic E-state index is 14.0. The van der Waals surface area contributed by atoms with Crippen molar-refractivity contribution < 1.29 is 9.59 Å². The number of nitrogens with one attached hydrogen (secondary N) is 4. The van der Waals surface area contributed by atoms with Crippen LogP contribution >= 0.6 is 0 Å². The Bertz CT molecular complexity index is 2520. The maximum absolute atomic E-state index is 14.0. The van der Waals surface area contributed by atoms with Gasteiger partial charge in [0.15, 0.2) is 0 Å². The Morgan fingerprint density at radius 3 is 1.25 bits per heavy atom. The lowest BCUT2D eigenvalue weighted by Gasteiger charge is -2.14. The number of H-pyrrole nitrogens is 2. The van der Waals surface area contributed by atoms with Gasteiger partial charge in [-0.05, 0) is 155 Å². The molecule has 5 aromatic rings. The van der Waals surface area contributed by atoms with Crippen LogP contribution in [0.25, 0.3) is 66.6 Å². The number of amides is 2. The van der Waals surface area contributed by atoms with Crippen molar-refractivity contribution in [2.24, 2.45) is 0 Å². The van der Waals surface area contributed by atoms with Crippen molar-refractivity contribution in [3.63, 3.8) is 0 Å². The zero-order chi connectivity index (χ0) is 38.7. The minimum atomic E-state index is -0.126. The van der Waals surface area contributed by atoms with E-state index in [4.69, 9.17) is 9.97 Å². The first-order chi connectivity index (χ1) is 26.5. The number of hydrogen-bond acceptors (Lipinski definition) is 4. The molecule has 0 spiro atoms. The van der Waals surface area contributed by atoms with Crippen LogP contribution in [0.5, 0.6) is 0 Å². The molecular weight excluding hydrogens is 681 g/mol. The molecule has 9 rings (SSSR count). The van der Waals surface area contributed by atoms with Crippen LogP contribution in [0.2, 0.25) is 0 Å². The molecule has 0 aliphatic carbocycles. The highest BCUT2D eigenvalue weighted by Gasteiger charge is 2.27. The van der Waals surface area contributed by atoms with Gasteiger partial charge in [-0.15, -0.1) is 0 Å². The summed E-state index contributed by atoms with van der Waals surface area (Å²) in [6.45, 7) is 18.1. The number of allylic oxidation sites excluding steroid dienone is 4. The van der Waals surface area contributed by atoms with Crippen LogP contribution in [0.15, 0.2) is 60.7 Å². The minimum Gasteiger partial charge on any atom is -0.354 e. The van der Waals surface area contributed by atoms with Gasteiger partial charge in [0, 0.05) is 46.4 Å². The molecule has 10 bridgehead atoms. The molecule has 0 unspecified atom stereocenters. The third kappa shape index (κ3) is 6.00. The first-order valence-corrected chi connectivity index (χ1v) is 19.3. The molecule has 0 fully saturated rings. The van der Waals surface area contributed by atoms with Crippen molar-refractivity contribution in [2.75, 3.05) is 13.1 Å². The van der Waals surface area contributed by atoms with Gasteiger partial charge in [0.1, 0.15) is 0 Å². The van der Waals surface area contributed by atoms with Crippen molar-refractivity contribution in [3.05, 3.63) is 117 Å². The van der Waals surface area contributed by atoms with Crippen molar-refractivity contribution in [1.82, 2.24) is 30.6 Å². The molecule has 4 aliphatic heterocycles. The quantitative estimate of drug-likeness (QED) is 0.127. The Kier molecular flexibility index (Phi) is 9.16. The molecule has 0 radical (unpaired) electrons. The summed E-state index contributed by atoms with van der Waals surface area (Å²) in [6, 6.07) is 20.0. The van der Waals surface area contributed by atoms with Gasteiger partial charge in [0.2, 0.25) is 0 Å². The van der Waals surface area contributed by atoms with E-state index in [1.54, 1.807) is 0 Å². The van der Waals surface area contributed by atoms with Crippen LogP contribution in [0.4, 0.5) is 0 Å². The summed E-state index contributed by atoms with van der Waals surface area (Å²) in [6.07, 6.45) is 2.45. The molecule has 278 valence electrons. The monoisotopic (exact) mass is 728 g/mol. The lowest BCUT2D eigenvalue weighted by molar-refractivity contribution is 0.0948. The Balaban J connectivity index is 1.61. The molecule has 3 aromatic heterocycles. The van der Waals surface area contributed by atoms with Crippen molar-refractivity contribution in [2.45, 2.75) is 74.7 Å². The van der Waals surface area contributed by atoms with Crippen molar-refractivity contribution >= 4 is 56.2 Å². The molecule has 7 heterocycles. The summed E-state index contributed by atoms with van der Waals surface area (Å²) < 4.78 is 0. The molecule has 8 heteroatoms. The molecule has 2 amide bonds. The third-order valence-electron chi connectivity index (χ3n) is 12.1. The van der Waals surface area contributed by atoms with Gasteiger partial charge in [-0.25, -0.2) is 9.97 Å². The summed E-state index contributed by atoms with van der Waals surface area (Å²) in [5.41, 5.74) is 20.3. The van der Waals surface area contributed by atoms with E-state index in [-0.39, 0.29) is 11.8 Å². The molecule has 0 saturated carbocycles. The highest BCUT2D eigenvalue weighted by molar-refractivity contribution is 6.09. The topological polar surface area (TPSA) is 116 Å². The number of aromatic amines is 2. The fourth-order valence-electron chi connectivity index (χ4n) is 8.15. The predicted octanol–water partition coefficient (Wildman–Crippen LogP) is 10.4. The molecule has 4 N–H and O–H groups in total. The highest BCUT2D eigenvalue weighted by atomic mass is 16.2. The zero-order valence-electron chi connectivity index (χ0n) is 33.0. The number of nitrogens with zero attached hydrogens (tertiary/aromatic N) is 2. The van der Waals surface area contributed by atoms with Gasteiger partial charge in [-0.2, -0.15) is 0 Å². The largest absolute Gasteiger partial charge is 0.354 e. The molecule has 0 atom stereocenters. The number of rotatable bonds is 0. The first-order valence-electron chi connectivity index (χ1n) is 19.3. The Morgan fingerprint density at radius 2 is 0.855 bits per heavy atom. The van der Waals surface area contributed by atoms with Gasteiger partial charge < -0.3 is 20.6 Å². The third-order valence-corrected chi connectivity index (χ3v) is 12.1. The molecule has 8 nitrogen and oxygen atoms in total. The SMILES string of the molecule is CC1=C(C)c2nc1cc1[nH]c(c(C)c1C)c1c3nc(cc4[nH]c(c(C)c4C)c2-c2ccccc2C(=O)NCCCCCNC(=O)c2ccccc2-1)C(C)=C3C. The molecule has 0 saturated heterocycles. The molecule has 55 heavy (non-hydrogen) atoms. The number of carbonyl (C=O) groups is 2. The lowest BCUT2D eigenvalue weighted by Crippen LogP contribution is -2.26. The lowest BCUT2D eigenvalue weighted by atomic mass is 9.93. The second-order valence-electron chi connectivity index (χ2n) is 15.2. The van der Waals surface area contributed by atoms with E-state index in [1.165, 1.54) is 0 Å². The van der Waals surface area contributed by atoms with Crippen LogP contribution < -0.4 is 10.6 Å². The molecular formula is C47H48N6O2. The molecule has 4 aliphatic rings. The first kappa shape index (κ1) is 36.0. The number of hydrogen-bond donors (Lipinski definition) is 4. The Morgan fingerprint density at radius 1 is 0.473 bits per heavy atom. The summed E-state index contributed by atoms with van der Waals surface area (Å²) in [7, 11) is 0. The number of carbonyl (C=O) groups excluding carboxylic acids is 2. The zero-order valence-corrected chi connectivity index (χ0v) is 33.0. The Hall–Kier alpha value is -6.02. The summed E-state index contributed by atoms with van der Waals surface area (Å²) in [5, 5.41) is 6.37.